The van der Waals surface area contributed by atoms with Gasteiger partial charge < -0.3 is 9.85 Å². The smallest absolute Gasteiger partial charge is 0.152 e. The van der Waals surface area contributed by atoms with Crippen molar-refractivity contribution in [2.75, 3.05) is 20.3 Å². The highest BCUT2D eigenvalue weighted by molar-refractivity contribution is 7.97. The highest BCUT2D eigenvalue weighted by Gasteiger charge is 2.38. The molecule has 0 spiro atoms. The van der Waals surface area contributed by atoms with Gasteiger partial charge in [-0.1, -0.05) is 12.1 Å². The van der Waals surface area contributed by atoms with Gasteiger partial charge in [-0.25, -0.2) is 0 Å². The summed E-state index contributed by atoms with van der Waals surface area (Å²) in [5, 5.41) is 12.5. The number of para-hydroxylation sites is 1. The van der Waals surface area contributed by atoms with Crippen LogP contribution in [0.5, 0.6) is 0 Å². The van der Waals surface area contributed by atoms with E-state index in [1.165, 1.54) is 5.56 Å². The minimum absolute atomic E-state index is 0.144. The summed E-state index contributed by atoms with van der Waals surface area (Å²) >= 11 is 1.69. The largest absolute Gasteiger partial charge is 0.626 e. The number of rotatable bonds is 0. The Hall–Kier alpha value is -0.550. The Bertz CT molecular complexity index is 396. The summed E-state index contributed by atoms with van der Waals surface area (Å²) in [4.78, 5) is 1.14. The molecule has 2 heterocycles. The number of hydroxylamine groups is 2. The van der Waals surface area contributed by atoms with E-state index in [0.717, 1.165) is 17.0 Å². The van der Waals surface area contributed by atoms with Gasteiger partial charge in [0.2, 0.25) is 0 Å². The van der Waals surface area contributed by atoms with Crippen LogP contribution in [0.15, 0.2) is 23.1 Å². The number of benzene rings is 1. The van der Waals surface area contributed by atoms with Crippen LogP contribution in [0.4, 0.5) is 5.69 Å². The molecule has 3 rings (SSSR count). The molecule has 0 fully saturated rings. The summed E-state index contributed by atoms with van der Waals surface area (Å²) in [5.41, 5.74) is 2.27. The van der Waals surface area contributed by atoms with Crippen molar-refractivity contribution in [2.45, 2.75) is 11.3 Å². The van der Waals surface area contributed by atoms with Crippen LogP contribution in [0, 0.1) is 5.21 Å². The lowest BCUT2D eigenvalue weighted by atomic mass is 10.2. The molecule has 0 aliphatic carbocycles. The van der Waals surface area contributed by atoms with Crippen molar-refractivity contribution in [3.8, 4) is 0 Å². The van der Waals surface area contributed by atoms with Gasteiger partial charge in [0.05, 0.1) is 11.4 Å². The molecule has 2 aliphatic heterocycles. The average molecular weight is 208 g/mol. The fraction of sp³-hybridized carbons (Fsp3) is 0.400. The second-order valence-corrected chi connectivity index (χ2v) is 5.23. The predicted molar refractivity (Wildman–Crippen MR) is 58.7 cm³/mol. The standard InChI is InChI=1S/C10H12N2OS/c1-11-7-12(13)6-5-8-3-2-4-9(14-11)10(8)12/h2-4H,5-7H2,1H3. The van der Waals surface area contributed by atoms with Gasteiger partial charge >= 0.3 is 0 Å². The van der Waals surface area contributed by atoms with E-state index in [9.17, 15) is 5.21 Å². The molecular weight excluding hydrogens is 196 g/mol. The van der Waals surface area contributed by atoms with Crippen molar-refractivity contribution in [1.82, 2.24) is 8.95 Å². The topological polar surface area (TPSA) is 26.3 Å². The van der Waals surface area contributed by atoms with E-state index in [1.807, 2.05) is 11.4 Å². The van der Waals surface area contributed by atoms with E-state index >= 15 is 0 Å². The fourth-order valence-corrected chi connectivity index (χ4v) is 3.48. The van der Waals surface area contributed by atoms with Gasteiger partial charge in [0.25, 0.3) is 0 Å². The van der Waals surface area contributed by atoms with Crippen molar-refractivity contribution >= 4 is 17.6 Å². The van der Waals surface area contributed by atoms with E-state index in [1.54, 1.807) is 11.9 Å². The van der Waals surface area contributed by atoms with Crippen LogP contribution in [0.25, 0.3) is 0 Å². The summed E-state index contributed by atoms with van der Waals surface area (Å²) in [7, 11) is 1.98. The first-order valence-electron chi connectivity index (χ1n) is 4.79. The third-order valence-corrected chi connectivity index (χ3v) is 3.87. The fourth-order valence-electron chi connectivity index (χ4n) is 2.38. The highest BCUT2D eigenvalue weighted by atomic mass is 32.2. The molecule has 1 atom stereocenters. The first-order valence-corrected chi connectivity index (χ1v) is 5.56. The molecule has 4 heteroatoms. The molecule has 14 heavy (non-hydrogen) atoms. The number of hydrogen-bond donors (Lipinski definition) is 0. The van der Waals surface area contributed by atoms with Crippen LogP contribution in [0.1, 0.15) is 5.56 Å². The van der Waals surface area contributed by atoms with Crippen LogP contribution in [-0.2, 0) is 6.42 Å². The monoisotopic (exact) mass is 208 g/mol. The van der Waals surface area contributed by atoms with Crippen molar-refractivity contribution in [2.24, 2.45) is 0 Å². The van der Waals surface area contributed by atoms with Crippen LogP contribution in [0.2, 0.25) is 0 Å². The summed E-state index contributed by atoms with van der Waals surface area (Å²) in [5.74, 6) is 0. The maximum Gasteiger partial charge on any atom is 0.152 e. The second-order valence-electron chi connectivity index (χ2n) is 3.99. The molecule has 0 bridgehead atoms. The Kier molecular flexibility index (Phi) is 1.70. The minimum atomic E-state index is -0.144. The number of quaternary nitrogens is 1. The molecule has 0 saturated heterocycles. The SMILES string of the molecule is CN1C[N+]2([O-])CCc3cccc(c32)S1. The van der Waals surface area contributed by atoms with Gasteiger partial charge in [-0.3, -0.25) is 0 Å². The summed E-state index contributed by atoms with van der Waals surface area (Å²) < 4.78 is 1.89. The summed E-state index contributed by atoms with van der Waals surface area (Å²) in [6, 6.07) is 6.19. The predicted octanol–water partition coefficient (Wildman–Crippen LogP) is 1.96. The summed E-state index contributed by atoms with van der Waals surface area (Å²) in [6.07, 6.45) is 0.932. The molecule has 0 amide bonds. The first-order chi connectivity index (χ1) is 6.69. The third kappa shape index (κ3) is 1.05. The maximum atomic E-state index is 12.5. The quantitative estimate of drug-likeness (QED) is 0.370. The third-order valence-electron chi connectivity index (χ3n) is 2.91. The van der Waals surface area contributed by atoms with E-state index < -0.39 is 0 Å². The zero-order chi connectivity index (χ0) is 9.76. The van der Waals surface area contributed by atoms with Gasteiger partial charge in [-0.15, -0.1) is 0 Å². The lowest BCUT2D eigenvalue weighted by molar-refractivity contribution is 0.300. The van der Waals surface area contributed by atoms with Crippen molar-refractivity contribution in [3.05, 3.63) is 29.0 Å². The summed E-state index contributed by atoms with van der Waals surface area (Å²) in [6.45, 7) is 1.28. The van der Waals surface area contributed by atoms with Gasteiger partial charge in [0.1, 0.15) is 6.67 Å². The first kappa shape index (κ1) is 8.73. The zero-order valence-electron chi connectivity index (χ0n) is 8.06. The van der Waals surface area contributed by atoms with E-state index in [0.29, 0.717) is 13.2 Å². The lowest BCUT2D eigenvalue weighted by Crippen LogP contribution is -2.49. The number of hydrogen-bond acceptors (Lipinski definition) is 3. The molecular formula is C10H12N2OS. The van der Waals surface area contributed by atoms with Crippen LogP contribution in [-0.4, -0.2) is 24.6 Å². The van der Waals surface area contributed by atoms with Crippen molar-refractivity contribution in [1.29, 1.82) is 0 Å². The Morgan fingerprint density at radius 3 is 3.21 bits per heavy atom. The Morgan fingerprint density at radius 1 is 1.50 bits per heavy atom. The molecule has 0 aromatic heterocycles. The molecule has 3 nitrogen and oxygen atoms in total. The average Bonchev–Trinajstić information content (AvgIpc) is 2.45. The molecule has 0 saturated carbocycles. The molecule has 2 aliphatic rings. The molecule has 1 aromatic rings. The lowest BCUT2D eigenvalue weighted by Gasteiger charge is -2.44. The van der Waals surface area contributed by atoms with E-state index in [4.69, 9.17) is 0 Å². The normalized spacial score (nSPS) is 30.4. The van der Waals surface area contributed by atoms with Gasteiger partial charge in [0, 0.05) is 19.0 Å². The second kappa shape index (κ2) is 2.73. The zero-order valence-corrected chi connectivity index (χ0v) is 8.88. The molecule has 0 N–H and O–H groups in total. The molecule has 1 unspecified atom stereocenters. The Morgan fingerprint density at radius 2 is 2.36 bits per heavy atom. The van der Waals surface area contributed by atoms with Crippen LogP contribution in [0.3, 0.4) is 0 Å². The maximum absolute atomic E-state index is 12.5. The van der Waals surface area contributed by atoms with Gasteiger partial charge in [-0.05, 0) is 18.0 Å². The van der Waals surface area contributed by atoms with Crippen LogP contribution >= 0.6 is 11.9 Å². The van der Waals surface area contributed by atoms with Crippen LogP contribution < -0.4 is 4.65 Å². The van der Waals surface area contributed by atoms with E-state index in [-0.39, 0.29) is 4.65 Å². The van der Waals surface area contributed by atoms with Crippen molar-refractivity contribution in [3.63, 3.8) is 0 Å². The molecule has 74 valence electrons. The highest BCUT2D eigenvalue weighted by Crippen LogP contribution is 2.46. The molecule has 1 aromatic carbocycles. The number of nitrogens with zero attached hydrogens (tertiary/aromatic N) is 2. The van der Waals surface area contributed by atoms with Gasteiger partial charge in [-0.2, -0.15) is 4.31 Å². The van der Waals surface area contributed by atoms with Gasteiger partial charge in [0.15, 0.2) is 5.69 Å². The minimum Gasteiger partial charge on any atom is -0.626 e. The Balaban J connectivity index is 2.23. The van der Waals surface area contributed by atoms with E-state index in [2.05, 4.69) is 18.2 Å². The molecule has 0 radical (unpaired) electrons. The van der Waals surface area contributed by atoms with Crippen molar-refractivity contribution < 1.29 is 0 Å². The Labute approximate surface area is 87.6 Å².